The number of hydrogen-bond acceptors (Lipinski definition) is 4. The van der Waals surface area contributed by atoms with E-state index in [1.54, 1.807) is 38.1 Å². The lowest BCUT2D eigenvalue weighted by Gasteiger charge is -2.10. The third-order valence-electron chi connectivity index (χ3n) is 2.89. The molecule has 5 heteroatoms. The van der Waals surface area contributed by atoms with Gasteiger partial charge in [0.1, 0.15) is 5.75 Å². The Labute approximate surface area is 110 Å². The minimum Gasteiger partial charge on any atom is -0.507 e. The Kier molecular flexibility index (Phi) is 3.46. The molecule has 0 unspecified atom stereocenters. The lowest BCUT2D eigenvalue weighted by molar-refractivity contribution is -0.136. The van der Waals surface area contributed by atoms with Gasteiger partial charge in [0.15, 0.2) is 5.82 Å². The molecule has 0 fully saturated rings. The van der Waals surface area contributed by atoms with Crippen molar-refractivity contribution in [2.24, 2.45) is 0 Å². The summed E-state index contributed by atoms with van der Waals surface area (Å²) in [6.45, 7) is 3.49. The summed E-state index contributed by atoms with van der Waals surface area (Å²) in [7, 11) is 0. The zero-order valence-corrected chi connectivity index (χ0v) is 10.7. The van der Waals surface area contributed by atoms with Gasteiger partial charge in [-0.25, -0.2) is 9.97 Å². The van der Waals surface area contributed by atoms with E-state index in [4.69, 9.17) is 5.11 Å². The molecule has 0 bridgehead atoms. The summed E-state index contributed by atoms with van der Waals surface area (Å²) in [5, 5.41) is 18.6. The summed E-state index contributed by atoms with van der Waals surface area (Å²) in [5.41, 5.74) is 2.39. The SMILES string of the molecule is Cc1nc(-c2ccccc2O)nc(C)c1CC(=O)O. The van der Waals surface area contributed by atoms with E-state index >= 15 is 0 Å². The van der Waals surface area contributed by atoms with E-state index in [1.807, 2.05) is 0 Å². The van der Waals surface area contributed by atoms with Gasteiger partial charge >= 0.3 is 5.97 Å². The molecule has 2 N–H and O–H groups in total. The number of para-hydroxylation sites is 1. The van der Waals surface area contributed by atoms with E-state index in [9.17, 15) is 9.90 Å². The summed E-state index contributed by atoms with van der Waals surface area (Å²) in [6, 6.07) is 6.79. The highest BCUT2D eigenvalue weighted by atomic mass is 16.4. The first-order valence-electron chi connectivity index (χ1n) is 5.83. The van der Waals surface area contributed by atoms with Crippen LogP contribution in [0.15, 0.2) is 24.3 Å². The summed E-state index contributed by atoms with van der Waals surface area (Å²) < 4.78 is 0. The van der Waals surface area contributed by atoms with E-state index in [2.05, 4.69) is 9.97 Å². The van der Waals surface area contributed by atoms with Crippen LogP contribution in [0.4, 0.5) is 0 Å². The maximum absolute atomic E-state index is 10.8. The molecular formula is C14H14N2O3. The van der Waals surface area contributed by atoms with Crippen LogP contribution in [0.3, 0.4) is 0 Å². The number of hydrogen-bond donors (Lipinski definition) is 2. The van der Waals surface area contributed by atoms with Crippen molar-refractivity contribution in [3.8, 4) is 17.1 Å². The number of aryl methyl sites for hydroxylation is 2. The van der Waals surface area contributed by atoms with Gasteiger partial charge in [0, 0.05) is 17.0 Å². The number of aromatic hydroxyl groups is 1. The van der Waals surface area contributed by atoms with Gasteiger partial charge in [-0.05, 0) is 26.0 Å². The second-order valence-electron chi connectivity index (χ2n) is 4.28. The molecule has 0 aliphatic rings. The number of aromatic nitrogens is 2. The van der Waals surface area contributed by atoms with E-state index in [1.165, 1.54) is 0 Å². The predicted octanol–water partition coefficient (Wildman–Crippen LogP) is 2.09. The van der Waals surface area contributed by atoms with Crippen LogP contribution in [0.1, 0.15) is 17.0 Å². The average Bonchev–Trinajstić information content (AvgIpc) is 2.34. The second-order valence-corrected chi connectivity index (χ2v) is 4.28. The minimum atomic E-state index is -0.912. The van der Waals surface area contributed by atoms with Crippen molar-refractivity contribution in [3.63, 3.8) is 0 Å². The zero-order chi connectivity index (χ0) is 14.0. The molecule has 0 atom stereocenters. The second kappa shape index (κ2) is 5.06. The standard InChI is InChI=1S/C14H14N2O3/c1-8-11(7-13(18)19)9(2)16-14(15-8)10-5-3-4-6-12(10)17/h3-6,17H,7H2,1-2H3,(H,18,19). The molecule has 1 aromatic carbocycles. The van der Waals surface area contributed by atoms with Crippen molar-refractivity contribution in [1.29, 1.82) is 0 Å². The van der Waals surface area contributed by atoms with Crippen LogP contribution in [0.2, 0.25) is 0 Å². The van der Waals surface area contributed by atoms with Crippen molar-refractivity contribution in [1.82, 2.24) is 9.97 Å². The van der Waals surface area contributed by atoms with Crippen LogP contribution >= 0.6 is 0 Å². The lowest BCUT2D eigenvalue weighted by atomic mass is 10.1. The van der Waals surface area contributed by atoms with Crippen molar-refractivity contribution < 1.29 is 15.0 Å². The quantitative estimate of drug-likeness (QED) is 0.880. The minimum absolute atomic E-state index is 0.0985. The smallest absolute Gasteiger partial charge is 0.307 e. The molecule has 2 rings (SSSR count). The van der Waals surface area contributed by atoms with Gasteiger partial charge in [-0.1, -0.05) is 12.1 Å². The van der Waals surface area contributed by atoms with Crippen LogP contribution in [-0.4, -0.2) is 26.2 Å². The predicted molar refractivity (Wildman–Crippen MR) is 69.9 cm³/mol. The number of carbonyl (C=O) groups is 1. The molecule has 1 aromatic heterocycles. The fourth-order valence-corrected chi connectivity index (χ4v) is 1.93. The first-order valence-corrected chi connectivity index (χ1v) is 5.83. The number of nitrogens with zero attached hydrogens (tertiary/aromatic N) is 2. The molecule has 0 amide bonds. The van der Waals surface area contributed by atoms with Crippen LogP contribution in [0.5, 0.6) is 5.75 Å². The fraction of sp³-hybridized carbons (Fsp3) is 0.214. The van der Waals surface area contributed by atoms with Gasteiger partial charge in [-0.2, -0.15) is 0 Å². The Morgan fingerprint density at radius 1 is 1.16 bits per heavy atom. The third kappa shape index (κ3) is 2.70. The van der Waals surface area contributed by atoms with Gasteiger partial charge in [0.25, 0.3) is 0 Å². The van der Waals surface area contributed by atoms with Crippen LogP contribution in [-0.2, 0) is 11.2 Å². The molecule has 0 spiro atoms. The number of phenolic OH excluding ortho intramolecular Hbond substituents is 1. The molecule has 2 aromatic rings. The van der Waals surface area contributed by atoms with E-state index in [0.29, 0.717) is 28.3 Å². The van der Waals surface area contributed by atoms with Crippen LogP contribution < -0.4 is 0 Å². The highest BCUT2D eigenvalue weighted by Gasteiger charge is 2.14. The molecule has 0 radical (unpaired) electrons. The number of carboxylic acids is 1. The molecule has 1 heterocycles. The van der Waals surface area contributed by atoms with E-state index in [0.717, 1.165) is 0 Å². The van der Waals surface area contributed by atoms with Gasteiger partial charge in [-0.3, -0.25) is 4.79 Å². The lowest BCUT2D eigenvalue weighted by Crippen LogP contribution is -2.08. The molecule has 0 saturated heterocycles. The Hall–Kier alpha value is -2.43. The number of aliphatic carboxylic acids is 1. The average molecular weight is 258 g/mol. The maximum Gasteiger partial charge on any atom is 0.307 e. The van der Waals surface area contributed by atoms with E-state index in [-0.39, 0.29) is 12.2 Å². The van der Waals surface area contributed by atoms with Gasteiger partial charge < -0.3 is 10.2 Å². The molecular weight excluding hydrogens is 244 g/mol. The molecule has 19 heavy (non-hydrogen) atoms. The molecule has 5 nitrogen and oxygen atoms in total. The van der Waals surface area contributed by atoms with Crippen molar-refractivity contribution >= 4 is 5.97 Å². The largest absolute Gasteiger partial charge is 0.507 e. The summed E-state index contributed by atoms with van der Waals surface area (Å²) >= 11 is 0. The Morgan fingerprint density at radius 2 is 1.74 bits per heavy atom. The Morgan fingerprint density at radius 3 is 2.26 bits per heavy atom. The number of carboxylic acid groups (broad SMARTS) is 1. The van der Waals surface area contributed by atoms with Crippen LogP contribution in [0.25, 0.3) is 11.4 Å². The maximum atomic E-state index is 10.8. The highest BCUT2D eigenvalue weighted by Crippen LogP contribution is 2.27. The van der Waals surface area contributed by atoms with Crippen LogP contribution in [0, 0.1) is 13.8 Å². The van der Waals surface area contributed by atoms with Gasteiger partial charge in [0.2, 0.25) is 0 Å². The summed E-state index contributed by atoms with van der Waals surface area (Å²) in [4.78, 5) is 19.4. The normalized spacial score (nSPS) is 10.4. The molecule has 98 valence electrons. The monoisotopic (exact) mass is 258 g/mol. The first-order chi connectivity index (χ1) is 8.99. The summed E-state index contributed by atoms with van der Waals surface area (Å²) in [6.07, 6.45) is -0.0985. The van der Waals surface area contributed by atoms with Crippen molar-refractivity contribution in [2.45, 2.75) is 20.3 Å². The number of rotatable bonds is 3. The number of phenols is 1. The third-order valence-corrected chi connectivity index (χ3v) is 2.89. The Bertz CT molecular complexity index is 615. The molecule has 0 saturated carbocycles. The Balaban J connectivity index is 2.51. The van der Waals surface area contributed by atoms with Gasteiger partial charge in [0.05, 0.1) is 12.0 Å². The van der Waals surface area contributed by atoms with E-state index < -0.39 is 5.97 Å². The highest BCUT2D eigenvalue weighted by molar-refractivity contribution is 5.71. The molecule has 0 aliphatic carbocycles. The fourth-order valence-electron chi connectivity index (χ4n) is 1.93. The number of benzene rings is 1. The van der Waals surface area contributed by atoms with Crippen molar-refractivity contribution in [2.75, 3.05) is 0 Å². The van der Waals surface area contributed by atoms with Gasteiger partial charge in [-0.15, -0.1) is 0 Å². The molecule has 0 aliphatic heterocycles. The summed E-state index contributed by atoms with van der Waals surface area (Å²) in [5.74, 6) is -0.403. The topological polar surface area (TPSA) is 83.3 Å². The van der Waals surface area contributed by atoms with Crippen molar-refractivity contribution in [3.05, 3.63) is 41.2 Å². The zero-order valence-electron chi connectivity index (χ0n) is 10.7. The first kappa shape index (κ1) is 13.0.